The summed E-state index contributed by atoms with van der Waals surface area (Å²) >= 11 is 8.08. The molecular formula is C8H4Br2FIO. The van der Waals surface area contributed by atoms with Crippen molar-refractivity contribution in [3.05, 3.63) is 31.6 Å². The number of benzene rings is 1. The van der Waals surface area contributed by atoms with Crippen LogP contribution in [0.1, 0.15) is 10.4 Å². The van der Waals surface area contributed by atoms with Crippen molar-refractivity contribution in [2.75, 3.05) is 5.33 Å². The smallest absolute Gasteiger partial charge is 0.174 e. The van der Waals surface area contributed by atoms with E-state index >= 15 is 0 Å². The monoisotopic (exact) mass is 420 g/mol. The highest BCUT2D eigenvalue weighted by Crippen LogP contribution is 2.26. The number of alkyl halides is 1. The Morgan fingerprint density at radius 1 is 1.54 bits per heavy atom. The first-order chi connectivity index (χ1) is 6.07. The Balaban J connectivity index is 3.26. The van der Waals surface area contributed by atoms with Crippen molar-refractivity contribution < 1.29 is 9.18 Å². The molecule has 0 saturated carbocycles. The average Bonchev–Trinajstić information content (AvgIpc) is 2.13. The third kappa shape index (κ3) is 2.50. The van der Waals surface area contributed by atoms with E-state index in [9.17, 15) is 9.18 Å². The minimum Gasteiger partial charge on any atom is -0.293 e. The summed E-state index contributed by atoms with van der Waals surface area (Å²) in [5.41, 5.74) is 0.533. The first-order valence-corrected chi connectivity index (χ1v) is 6.30. The molecule has 0 bridgehead atoms. The van der Waals surface area contributed by atoms with Crippen LogP contribution >= 0.6 is 54.5 Å². The number of ketones is 1. The zero-order chi connectivity index (χ0) is 10.0. The standard InChI is InChI=1S/C8H4Br2FIO/c9-3-6(13)4-1-2-5(11)7(10)8(4)12/h1-2H,3H2. The number of rotatable bonds is 2. The minimum atomic E-state index is -0.351. The Kier molecular flexibility index (Phi) is 4.31. The van der Waals surface area contributed by atoms with E-state index in [-0.39, 0.29) is 16.9 Å². The van der Waals surface area contributed by atoms with Gasteiger partial charge in [0.2, 0.25) is 0 Å². The summed E-state index contributed by atoms with van der Waals surface area (Å²) in [5.74, 6) is -0.402. The van der Waals surface area contributed by atoms with E-state index in [1.165, 1.54) is 12.1 Å². The Morgan fingerprint density at radius 3 is 2.69 bits per heavy atom. The van der Waals surface area contributed by atoms with Crippen LogP contribution in [0.4, 0.5) is 4.39 Å². The molecule has 1 aromatic carbocycles. The number of carbonyl (C=O) groups excluding carboxylic acids is 1. The highest BCUT2D eigenvalue weighted by Gasteiger charge is 2.13. The Labute approximate surface area is 105 Å². The first-order valence-electron chi connectivity index (χ1n) is 3.30. The molecule has 0 aliphatic rings. The molecule has 0 amide bonds. The Hall–Kier alpha value is 0.510. The quantitative estimate of drug-likeness (QED) is 0.307. The van der Waals surface area contributed by atoms with Crippen LogP contribution in [-0.4, -0.2) is 11.1 Å². The summed E-state index contributed by atoms with van der Waals surface area (Å²) < 4.78 is 13.9. The van der Waals surface area contributed by atoms with Gasteiger partial charge in [0.15, 0.2) is 5.78 Å². The van der Waals surface area contributed by atoms with Crippen molar-refractivity contribution in [1.82, 2.24) is 0 Å². The van der Waals surface area contributed by atoms with E-state index in [4.69, 9.17) is 0 Å². The summed E-state index contributed by atoms with van der Waals surface area (Å²) in [6, 6.07) is 2.77. The van der Waals surface area contributed by atoms with E-state index in [1.807, 2.05) is 22.6 Å². The maximum Gasteiger partial charge on any atom is 0.174 e. The summed E-state index contributed by atoms with van der Waals surface area (Å²) in [6.45, 7) is 0. The molecule has 13 heavy (non-hydrogen) atoms. The van der Waals surface area contributed by atoms with Crippen molar-refractivity contribution in [3.63, 3.8) is 0 Å². The SMILES string of the molecule is O=C(CBr)c1ccc(F)c(Br)c1I. The van der Waals surface area contributed by atoms with Crippen molar-refractivity contribution in [3.8, 4) is 0 Å². The van der Waals surface area contributed by atoms with Gasteiger partial charge in [0.05, 0.1) is 9.80 Å². The highest BCUT2D eigenvalue weighted by atomic mass is 127. The molecule has 1 aromatic rings. The Morgan fingerprint density at radius 2 is 2.15 bits per heavy atom. The summed E-state index contributed by atoms with van der Waals surface area (Å²) in [5, 5.41) is 0.251. The number of hydrogen-bond acceptors (Lipinski definition) is 1. The molecule has 1 nitrogen and oxygen atoms in total. The van der Waals surface area contributed by atoms with E-state index in [0.29, 0.717) is 13.6 Å². The zero-order valence-electron chi connectivity index (χ0n) is 6.28. The number of hydrogen-bond donors (Lipinski definition) is 0. The van der Waals surface area contributed by atoms with Gasteiger partial charge in [-0.05, 0) is 50.7 Å². The molecule has 0 N–H and O–H groups in total. The van der Waals surface area contributed by atoms with Crippen molar-refractivity contribution in [1.29, 1.82) is 0 Å². The maximum absolute atomic E-state index is 13.0. The first kappa shape index (κ1) is 11.6. The molecule has 0 unspecified atom stereocenters. The van der Waals surface area contributed by atoms with Gasteiger partial charge in [-0.2, -0.15) is 0 Å². The number of Topliss-reactive ketones (excluding diaryl/α,β-unsaturated/α-hetero) is 1. The van der Waals surface area contributed by atoms with E-state index < -0.39 is 0 Å². The predicted molar refractivity (Wildman–Crippen MR) is 64.9 cm³/mol. The van der Waals surface area contributed by atoms with Gasteiger partial charge in [-0.1, -0.05) is 15.9 Å². The molecule has 1 rings (SSSR count). The van der Waals surface area contributed by atoms with Crippen LogP contribution in [0.15, 0.2) is 16.6 Å². The second kappa shape index (κ2) is 4.84. The van der Waals surface area contributed by atoms with Gasteiger partial charge in [-0.25, -0.2) is 4.39 Å². The molecule has 70 valence electrons. The van der Waals surface area contributed by atoms with Crippen LogP contribution < -0.4 is 0 Å². The minimum absolute atomic E-state index is 0.0508. The largest absolute Gasteiger partial charge is 0.293 e. The second-order valence-electron chi connectivity index (χ2n) is 2.28. The van der Waals surface area contributed by atoms with Gasteiger partial charge < -0.3 is 0 Å². The lowest BCUT2D eigenvalue weighted by Crippen LogP contribution is -2.03. The summed E-state index contributed by atoms with van der Waals surface area (Å²) in [6.07, 6.45) is 0. The van der Waals surface area contributed by atoms with Crippen molar-refractivity contribution in [2.24, 2.45) is 0 Å². The summed E-state index contributed by atoms with van der Waals surface area (Å²) in [7, 11) is 0. The van der Waals surface area contributed by atoms with Gasteiger partial charge in [0.25, 0.3) is 0 Å². The van der Waals surface area contributed by atoms with Crippen LogP contribution in [0.2, 0.25) is 0 Å². The highest BCUT2D eigenvalue weighted by molar-refractivity contribution is 14.1. The van der Waals surface area contributed by atoms with Crippen molar-refractivity contribution >= 4 is 60.2 Å². The summed E-state index contributed by atoms with van der Waals surface area (Å²) in [4.78, 5) is 11.3. The molecule has 0 fully saturated rings. The van der Waals surface area contributed by atoms with Crippen LogP contribution in [-0.2, 0) is 0 Å². The fourth-order valence-electron chi connectivity index (χ4n) is 0.813. The molecular weight excluding hydrogens is 418 g/mol. The molecule has 0 spiro atoms. The molecule has 0 heterocycles. The van der Waals surface area contributed by atoms with Gasteiger partial charge in [0, 0.05) is 9.13 Å². The number of carbonyl (C=O) groups is 1. The average molecular weight is 422 g/mol. The van der Waals surface area contributed by atoms with Gasteiger partial charge in [-0.3, -0.25) is 4.79 Å². The molecule has 0 atom stereocenters. The van der Waals surface area contributed by atoms with Gasteiger partial charge in [-0.15, -0.1) is 0 Å². The molecule has 0 aromatic heterocycles. The molecule has 0 aliphatic heterocycles. The molecule has 0 saturated heterocycles. The number of halogens is 4. The predicted octanol–water partition coefficient (Wildman–Crippen LogP) is 3.77. The molecule has 0 radical (unpaired) electrons. The van der Waals surface area contributed by atoms with Gasteiger partial charge in [0.1, 0.15) is 5.82 Å². The Bertz CT molecular complexity index is 354. The fourth-order valence-corrected chi connectivity index (χ4v) is 2.20. The third-order valence-corrected chi connectivity index (χ3v) is 4.60. The van der Waals surface area contributed by atoms with E-state index in [1.54, 1.807) is 0 Å². The van der Waals surface area contributed by atoms with Gasteiger partial charge >= 0.3 is 0 Å². The topological polar surface area (TPSA) is 17.1 Å². The lowest BCUT2D eigenvalue weighted by Gasteiger charge is -2.03. The van der Waals surface area contributed by atoms with Crippen molar-refractivity contribution in [2.45, 2.75) is 0 Å². The second-order valence-corrected chi connectivity index (χ2v) is 4.71. The molecule has 0 aliphatic carbocycles. The maximum atomic E-state index is 13.0. The van der Waals surface area contributed by atoms with Crippen LogP contribution in [0, 0.1) is 9.39 Å². The van der Waals surface area contributed by atoms with Crippen LogP contribution in [0.5, 0.6) is 0 Å². The van der Waals surface area contributed by atoms with E-state index in [0.717, 1.165) is 0 Å². The lowest BCUT2D eigenvalue weighted by molar-refractivity contribution is 0.102. The normalized spacial score (nSPS) is 10.2. The van der Waals surface area contributed by atoms with Crippen LogP contribution in [0.3, 0.4) is 0 Å². The third-order valence-electron chi connectivity index (χ3n) is 1.46. The lowest BCUT2D eigenvalue weighted by atomic mass is 10.1. The fraction of sp³-hybridized carbons (Fsp3) is 0.125. The zero-order valence-corrected chi connectivity index (χ0v) is 11.6. The molecule has 5 heteroatoms. The van der Waals surface area contributed by atoms with E-state index in [2.05, 4.69) is 31.9 Å². The van der Waals surface area contributed by atoms with Crippen LogP contribution in [0.25, 0.3) is 0 Å².